The molecule has 1 fully saturated rings. The van der Waals surface area contributed by atoms with Crippen molar-refractivity contribution in [1.82, 2.24) is 10.2 Å². The number of benzene rings is 3. The second-order valence-corrected chi connectivity index (χ2v) is 9.41. The van der Waals surface area contributed by atoms with Crippen LogP contribution in [0.1, 0.15) is 34.5 Å². The Bertz CT molecular complexity index is 1340. The lowest BCUT2D eigenvalue weighted by molar-refractivity contribution is -0.121. The smallest absolute Gasteiger partial charge is 0.291 e. The van der Waals surface area contributed by atoms with Gasteiger partial charge >= 0.3 is 0 Å². The SMILES string of the molecule is COc1ccccc1CN1CCC(NC(=O)Cc2ccc(NC(=O)c3cc4ccccc4o3)cc2)CC1. The second-order valence-electron chi connectivity index (χ2n) is 9.41. The molecule has 2 amide bonds. The molecule has 2 heterocycles. The van der Waals surface area contributed by atoms with E-state index in [1.807, 2.05) is 54.6 Å². The molecular weight excluding hydrogens is 466 g/mol. The Morgan fingerprint density at radius 1 is 0.973 bits per heavy atom. The molecule has 0 bridgehead atoms. The minimum atomic E-state index is -0.307. The van der Waals surface area contributed by atoms with Crippen molar-refractivity contribution in [3.8, 4) is 5.75 Å². The van der Waals surface area contributed by atoms with E-state index in [2.05, 4.69) is 21.6 Å². The highest BCUT2D eigenvalue weighted by molar-refractivity contribution is 6.04. The fourth-order valence-corrected chi connectivity index (χ4v) is 4.77. The molecular formula is C30H31N3O4. The fourth-order valence-electron chi connectivity index (χ4n) is 4.77. The van der Waals surface area contributed by atoms with Crippen molar-refractivity contribution in [2.24, 2.45) is 0 Å². The third kappa shape index (κ3) is 6.19. The normalized spacial score (nSPS) is 14.4. The molecule has 2 N–H and O–H groups in total. The highest BCUT2D eigenvalue weighted by atomic mass is 16.5. The van der Waals surface area contributed by atoms with Crippen LogP contribution in [-0.2, 0) is 17.8 Å². The average Bonchev–Trinajstić information content (AvgIpc) is 3.36. The van der Waals surface area contributed by atoms with Crippen LogP contribution in [0.5, 0.6) is 5.75 Å². The highest BCUT2D eigenvalue weighted by Gasteiger charge is 2.21. The molecule has 0 aliphatic carbocycles. The molecule has 7 heteroatoms. The number of carbonyl (C=O) groups is 2. The summed E-state index contributed by atoms with van der Waals surface area (Å²) >= 11 is 0. The summed E-state index contributed by atoms with van der Waals surface area (Å²) in [5.74, 6) is 0.887. The first-order valence-electron chi connectivity index (χ1n) is 12.6. The molecule has 0 saturated carbocycles. The molecule has 1 aliphatic rings. The van der Waals surface area contributed by atoms with Crippen molar-refractivity contribution in [3.63, 3.8) is 0 Å². The summed E-state index contributed by atoms with van der Waals surface area (Å²) in [6.07, 6.45) is 2.15. The Morgan fingerprint density at radius 3 is 2.46 bits per heavy atom. The van der Waals surface area contributed by atoms with Gasteiger partial charge in [0.2, 0.25) is 5.91 Å². The Balaban J connectivity index is 1.07. The van der Waals surface area contributed by atoms with E-state index < -0.39 is 0 Å². The molecule has 1 aromatic heterocycles. The number of fused-ring (bicyclic) bond motifs is 1. The zero-order valence-electron chi connectivity index (χ0n) is 20.9. The van der Waals surface area contributed by atoms with E-state index in [1.54, 1.807) is 25.3 Å². The van der Waals surface area contributed by atoms with Crippen molar-refractivity contribution >= 4 is 28.5 Å². The number of hydrogen-bond acceptors (Lipinski definition) is 5. The number of hydrogen-bond donors (Lipinski definition) is 2. The number of ether oxygens (including phenoxy) is 1. The zero-order chi connectivity index (χ0) is 25.6. The minimum absolute atomic E-state index is 0.0160. The van der Waals surface area contributed by atoms with Crippen LogP contribution in [0.15, 0.2) is 83.3 Å². The largest absolute Gasteiger partial charge is 0.496 e. The quantitative estimate of drug-likeness (QED) is 0.357. The lowest BCUT2D eigenvalue weighted by atomic mass is 10.0. The van der Waals surface area contributed by atoms with Crippen molar-refractivity contribution in [2.75, 3.05) is 25.5 Å². The summed E-state index contributed by atoms with van der Waals surface area (Å²) < 4.78 is 11.1. The van der Waals surface area contributed by atoms with Gasteiger partial charge in [-0.3, -0.25) is 14.5 Å². The second kappa shape index (κ2) is 11.3. The number of piperidine rings is 1. The van der Waals surface area contributed by atoms with Gasteiger partial charge in [-0.05, 0) is 48.7 Å². The molecule has 3 aromatic carbocycles. The van der Waals surface area contributed by atoms with Crippen molar-refractivity contribution < 1.29 is 18.7 Å². The maximum absolute atomic E-state index is 12.6. The summed E-state index contributed by atoms with van der Waals surface area (Å²) in [5, 5.41) is 6.92. The Hall–Kier alpha value is -4.10. The Kier molecular flexibility index (Phi) is 7.51. The topological polar surface area (TPSA) is 83.8 Å². The van der Waals surface area contributed by atoms with E-state index in [9.17, 15) is 9.59 Å². The van der Waals surface area contributed by atoms with Crippen LogP contribution in [0, 0.1) is 0 Å². The molecule has 1 aliphatic heterocycles. The van der Waals surface area contributed by atoms with Crippen molar-refractivity contribution in [2.45, 2.75) is 31.8 Å². The summed E-state index contributed by atoms with van der Waals surface area (Å²) in [5.41, 5.74) is 3.41. The molecule has 0 spiro atoms. The van der Waals surface area contributed by atoms with Gasteiger partial charge in [-0.1, -0.05) is 48.5 Å². The first-order valence-corrected chi connectivity index (χ1v) is 12.6. The van der Waals surface area contributed by atoms with Gasteiger partial charge < -0.3 is 19.8 Å². The molecule has 0 atom stereocenters. The number of methoxy groups -OCH3 is 1. The number of nitrogens with one attached hydrogen (secondary N) is 2. The molecule has 1 saturated heterocycles. The highest BCUT2D eigenvalue weighted by Crippen LogP contribution is 2.22. The lowest BCUT2D eigenvalue weighted by Crippen LogP contribution is -2.44. The summed E-state index contributed by atoms with van der Waals surface area (Å²) in [4.78, 5) is 27.6. The standard InChI is InChI=1S/C30H31N3O4/c1-36-26-8-4-3-7-23(26)20-33-16-14-25(15-17-33)31-29(34)18-21-10-12-24(13-11-21)32-30(35)28-19-22-6-2-5-9-27(22)37-28/h2-13,19,25H,14-18,20H2,1H3,(H,31,34)(H,32,35). The van der Waals surface area contributed by atoms with Gasteiger partial charge in [0.05, 0.1) is 13.5 Å². The number of furan rings is 1. The van der Waals surface area contributed by atoms with E-state index in [4.69, 9.17) is 9.15 Å². The van der Waals surface area contributed by atoms with Crippen molar-refractivity contribution in [1.29, 1.82) is 0 Å². The van der Waals surface area contributed by atoms with E-state index >= 15 is 0 Å². The number of rotatable bonds is 8. The van der Waals surface area contributed by atoms with Gasteiger partial charge in [0, 0.05) is 42.3 Å². The maximum Gasteiger partial charge on any atom is 0.291 e. The van der Waals surface area contributed by atoms with Crippen LogP contribution in [0.4, 0.5) is 5.69 Å². The molecule has 37 heavy (non-hydrogen) atoms. The maximum atomic E-state index is 12.6. The predicted octanol–water partition coefficient (Wildman–Crippen LogP) is 5.02. The zero-order valence-corrected chi connectivity index (χ0v) is 20.9. The summed E-state index contributed by atoms with van der Waals surface area (Å²) in [7, 11) is 1.70. The monoisotopic (exact) mass is 497 g/mol. The number of amides is 2. The molecule has 0 unspecified atom stereocenters. The third-order valence-electron chi connectivity index (χ3n) is 6.76. The number of nitrogens with zero attached hydrogens (tertiary/aromatic N) is 1. The fraction of sp³-hybridized carbons (Fsp3) is 0.267. The van der Waals surface area contributed by atoms with Gasteiger partial charge in [-0.25, -0.2) is 0 Å². The van der Waals surface area contributed by atoms with E-state index in [0.29, 0.717) is 17.7 Å². The molecule has 7 nitrogen and oxygen atoms in total. The Morgan fingerprint density at radius 2 is 1.70 bits per heavy atom. The number of anilines is 1. The first-order chi connectivity index (χ1) is 18.1. The number of carbonyl (C=O) groups excluding carboxylic acids is 2. The van der Waals surface area contributed by atoms with Crippen LogP contribution < -0.4 is 15.4 Å². The molecule has 190 valence electrons. The summed E-state index contributed by atoms with van der Waals surface area (Å²) in [6, 6.07) is 24.9. The van der Waals surface area contributed by atoms with Crippen LogP contribution in [0.2, 0.25) is 0 Å². The average molecular weight is 498 g/mol. The summed E-state index contributed by atoms with van der Waals surface area (Å²) in [6.45, 7) is 2.72. The lowest BCUT2D eigenvalue weighted by Gasteiger charge is -2.32. The third-order valence-corrected chi connectivity index (χ3v) is 6.76. The van der Waals surface area contributed by atoms with Crippen LogP contribution in [0.25, 0.3) is 11.0 Å². The van der Waals surface area contributed by atoms with Crippen LogP contribution in [-0.4, -0.2) is 43.0 Å². The molecule has 0 radical (unpaired) electrons. The number of likely N-dealkylation sites (tertiary alicyclic amines) is 1. The van der Waals surface area contributed by atoms with Gasteiger partial charge in [0.1, 0.15) is 11.3 Å². The predicted molar refractivity (Wildman–Crippen MR) is 144 cm³/mol. The van der Waals surface area contributed by atoms with Crippen LogP contribution in [0.3, 0.4) is 0 Å². The number of para-hydroxylation sites is 2. The molecule has 5 rings (SSSR count). The van der Waals surface area contributed by atoms with Gasteiger partial charge in [0.15, 0.2) is 5.76 Å². The Labute approximate surface area is 216 Å². The van der Waals surface area contributed by atoms with E-state index in [0.717, 1.165) is 49.2 Å². The van der Waals surface area contributed by atoms with E-state index in [-0.39, 0.29) is 23.6 Å². The van der Waals surface area contributed by atoms with Crippen LogP contribution >= 0.6 is 0 Å². The van der Waals surface area contributed by atoms with E-state index in [1.165, 1.54) is 5.56 Å². The minimum Gasteiger partial charge on any atom is -0.496 e. The molecule has 4 aromatic rings. The van der Waals surface area contributed by atoms with Gasteiger partial charge in [-0.2, -0.15) is 0 Å². The van der Waals surface area contributed by atoms with Gasteiger partial charge in [0.25, 0.3) is 5.91 Å². The van der Waals surface area contributed by atoms with Crippen molar-refractivity contribution in [3.05, 3.63) is 95.7 Å². The first kappa shape index (κ1) is 24.6. The van der Waals surface area contributed by atoms with Gasteiger partial charge in [-0.15, -0.1) is 0 Å².